The number of thiophene rings is 1. The molecule has 1 atom stereocenters. The fourth-order valence-corrected chi connectivity index (χ4v) is 3.43. The van der Waals surface area contributed by atoms with Crippen LogP contribution in [0, 0.1) is 19.8 Å². The number of carbonyl (C=O) groups is 1. The molecule has 0 N–H and O–H groups in total. The Morgan fingerprint density at radius 2 is 1.94 bits per heavy atom. The molecule has 18 heavy (non-hydrogen) atoms. The first-order valence-corrected chi connectivity index (χ1v) is 6.96. The van der Waals surface area contributed by atoms with E-state index in [-0.39, 0.29) is 17.6 Å². The minimum Gasteiger partial charge on any atom is -0.299 e. The molecule has 0 amide bonds. The molecule has 4 heteroatoms. The third-order valence-corrected chi connectivity index (χ3v) is 4.51. The van der Waals surface area contributed by atoms with Crippen molar-refractivity contribution < 1.29 is 4.79 Å². The molecule has 0 aromatic carbocycles. The Kier molecular flexibility index (Phi) is 3.48. The van der Waals surface area contributed by atoms with Crippen molar-refractivity contribution in [3.8, 4) is 0 Å². The summed E-state index contributed by atoms with van der Waals surface area (Å²) >= 11 is 1.67. The van der Waals surface area contributed by atoms with Crippen LogP contribution in [0.2, 0.25) is 0 Å². The number of ketones is 1. The van der Waals surface area contributed by atoms with Crippen LogP contribution in [0.4, 0.5) is 0 Å². The van der Waals surface area contributed by atoms with Crippen molar-refractivity contribution in [3.05, 3.63) is 22.5 Å². The highest BCUT2D eigenvalue weighted by Gasteiger charge is 2.26. The molecule has 2 rings (SSSR count). The first-order valence-electron chi connectivity index (χ1n) is 6.14. The average molecular weight is 262 g/mol. The summed E-state index contributed by atoms with van der Waals surface area (Å²) in [5.74, 6) is 0.289. The van der Waals surface area contributed by atoms with E-state index in [0.29, 0.717) is 0 Å². The van der Waals surface area contributed by atoms with Gasteiger partial charge in [0.05, 0.1) is 11.6 Å². The van der Waals surface area contributed by atoms with Crippen molar-refractivity contribution in [2.75, 3.05) is 0 Å². The molecule has 3 nitrogen and oxygen atoms in total. The quantitative estimate of drug-likeness (QED) is 0.848. The van der Waals surface area contributed by atoms with Crippen LogP contribution in [0.1, 0.15) is 42.8 Å². The van der Waals surface area contributed by atoms with Gasteiger partial charge in [0.15, 0.2) is 0 Å². The standard InChI is InChI=1S/C14H18N2OS/c1-7(2)11(9(4)17)13-12-8(3)10(5)18-14(12)16-6-15-13/h6-7,11H,1-5H3. The number of rotatable bonds is 3. The number of carbonyl (C=O) groups excluding carboxylic acids is 1. The van der Waals surface area contributed by atoms with Gasteiger partial charge in [-0.2, -0.15) is 0 Å². The van der Waals surface area contributed by atoms with Gasteiger partial charge in [0.25, 0.3) is 0 Å². The first kappa shape index (κ1) is 13.1. The number of Topliss-reactive ketones (excluding diaryl/α,β-unsaturated/α-hetero) is 1. The van der Waals surface area contributed by atoms with Crippen molar-refractivity contribution >= 4 is 27.3 Å². The van der Waals surface area contributed by atoms with Crippen LogP contribution in [0.15, 0.2) is 6.33 Å². The lowest BCUT2D eigenvalue weighted by Gasteiger charge is -2.18. The molecular weight excluding hydrogens is 244 g/mol. The zero-order valence-electron chi connectivity index (χ0n) is 11.4. The lowest BCUT2D eigenvalue weighted by Crippen LogP contribution is -2.17. The summed E-state index contributed by atoms with van der Waals surface area (Å²) in [4.78, 5) is 22.8. The summed E-state index contributed by atoms with van der Waals surface area (Å²) in [6, 6.07) is 0. The topological polar surface area (TPSA) is 42.9 Å². The SMILES string of the molecule is CC(=O)C(c1ncnc2sc(C)c(C)c12)C(C)C. The molecule has 2 aromatic rings. The average Bonchev–Trinajstić information content (AvgIpc) is 2.55. The lowest BCUT2D eigenvalue weighted by atomic mass is 9.87. The van der Waals surface area contributed by atoms with E-state index in [0.717, 1.165) is 15.9 Å². The van der Waals surface area contributed by atoms with Crippen LogP contribution >= 0.6 is 11.3 Å². The number of nitrogens with zero attached hydrogens (tertiary/aromatic N) is 2. The van der Waals surface area contributed by atoms with Crippen molar-refractivity contribution in [2.45, 2.75) is 40.5 Å². The zero-order valence-corrected chi connectivity index (χ0v) is 12.3. The van der Waals surface area contributed by atoms with Crippen molar-refractivity contribution in [1.82, 2.24) is 9.97 Å². The maximum Gasteiger partial charge on any atom is 0.139 e. The van der Waals surface area contributed by atoms with Crippen molar-refractivity contribution in [1.29, 1.82) is 0 Å². The second kappa shape index (κ2) is 4.76. The van der Waals surface area contributed by atoms with E-state index >= 15 is 0 Å². The molecule has 0 aliphatic carbocycles. The van der Waals surface area contributed by atoms with Gasteiger partial charge in [0, 0.05) is 10.3 Å². The molecule has 0 radical (unpaired) electrons. The monoisotopic (exact) mass is 262 g/mol. The van der Waals surface area contributed by atoms with Gasteiger partial charge in [0.2, 0.25) is 0 Å². The van der Waals surface area contributed by atoms with Gasteiger partial charge < -0.3 is 0 Å². The Balaban J connectivity index is 2.73. The molecule has 1 unspecified atom stereocenters. The maximum atomic E-state index is 11.9. The molecule has 0 aliphatic rings. The summed E-state index contributed by atoms with van der Waals surface area (Å²) < 4.78 is 0. The van der Waals surface area contributed by atoms with E-state index in [1.807, 2.05) is 0 Å². The van der Waals surface area contributed by atoms with Crippen LogP contribution < -0.4 is 0 Å². The van der Waals surface area contributed by atoms with Gasteiger partial charge in [-0.15, -0.1) is 11.3 Å². The normalized spacial score (nSPS) is 13.2. The van der Waals surface area contributed by atoms with Crippen LogP contribution in [-0.2, 0) is 4.79 Å². The van der Waals surface area contributed by atoms with Gasteiger partial charge in [-0.3, -0.25) is 4.79 Å². The zero-order chi connectivity index (χ0) is 13.4. The summed E-state index contributed by atoms with van der Waals surface area (Å²) in [5.41, 5.74) is 2.10. The highest BCUT2D eigenvalue weighted by Crippen LogP contribution is 2.35. The van der Waals surface area contributed by atoms with Crippen LogP contribution in [0.3, 0.4) is 0 Å². The van der Waals surface area contributed by atoms with Gasteiger partial charge in [0.1, 0.15) is 16.9 Å². The molecule has 0 bridgehead atoms. The van der Waals surface area contributed by atoms with Crippen molar-refractivity contribution in [3.63, 3.8) is 0 Å². The van der Waals surface area contributed by atoms with E-state index in [2.05, 4.69) is 37.7 Å². The van der Waals surface area contributed by atoms with Gasteiger partial charge in [-0.1, -0.05) is 13.8 Å². The Bertz CT molecular complexity index is 601. The minimum absolute atomic E-state index is 0.136. The van der Waals surface area contributed by atoms with Crippen LogP contribution in [0.5, 0.6) is 0 Å². The third kappa shape index (κ3) is 2.05. The summed E-state index contributed by atoms with van der Waals surface area (Å²) in [7, 11) is 0. The predicted octanol–water partition coefficient (Wildman–Crippen LogP) is 3.64. The Morgan fingerprint density at radius 3 is 2.50 bits per heavy atom. The molecule has 0 spiro atoms. The fraction of sp³-hybridized carbons (Fsp3) is 0.500. The van der Waals surface area contributed by atoms with Gasteiger partial charge in [-0.05, 0) is 32.3 Å². The highest BCUT2D eigenvalue weighted by atomic mass is 32.1. The molecule has 0 saturated heterocycles. The number of hydrogen-bond acceptors (Lipinski definition) is 4. The van der Waals surface area contributed by atoms with Crippen molar-refractivity contribution in [2.24, 2.45) is 5.92 Å². The van der Waals surface area contributed by atoms with E-state index in [9.17, 15) is 4.79 Å². The molecule has 2 aromatic heterocycles. The second-order valence-electron chi connectivity index (χ2n) is 5.05. The smallest absolute Gasteiger partial charge is 0.139 e. The second-order valence-corrected chi connectivity index (χ2v) is 6.26. The Labute approximate surface area is 111 Å². The van der Waals surface area contributed by atoms with Crippen LogP contribution in [-0.4, -0.2) is 15.8 Å². The Morgan fingerprint density at radius 1 is 1.28 bits per heavy atom. The summed E-state index contributed by atoms with van der Waals surface area (Å²) in [6.07, 6.45) is 1.57. The molecule has 96 valence electrons. The van der Waals surface area contributed by atoms with E-state index in [4.69, 9.17) is 0 Å². The summed E-state index contributed by atoms with van der Waals surface area (Å²) in [6.45, 7) is 9.94. The van der Waals surface area contributed by atoms with E-state index < -0.39 is 0 Å². The highest BCUT2D eigenvalue weighted by molar-refractivity contribution is 7.18. The molecule has 0 aliphatic heterocycles. The van der Waals surface area contributed by atoms with Gasteiger partial charge >= 0.3 is 0 Å². The summed E-state index contributed by atoms with van der Waals surface area (Å²) in [5, 5.41) is 1.08. The fourth-order valence-electron chi connectivity index (χ4n) is 2.42. The molecule has 0 fully saturated rings. The first-order chi connectivity index (χ1) is 8.43. The molecular formula is C14H18N2OS. The number of aromatic nitrogens is 2. The lowest BCUT2D eigenvalue weighted by molar-refractivity contribution is -0.119. The molecule has 0 saturated carbocycles. The van der Waals surface area contributed by atoms with E-state index in [1.54, 1.807) is 24.6 Å². The van der Waals surface area contributed by atoms with Crippen LogP contribution in [0.25, 0.3) is 10.2 Å². The maximum absolute atomic E-state index is 11.9. The molecule has 2 heterocycles. The predicted molar refractivity (Wildman–Crippen MR) is 75.1 cm³/mol. The number of aryl methyl sites for hydroxylation is 2. The number of hydrogen-bond donors (Lipinski definition) is 0. The Hall–Kier alpha value is -1.29. The number of fused-ring (bicyclic) bond motifs is 1. The van der Waals surface area contributed by atoms with Gasteiger partial charge in [-0.25, -0.2) is 9.97 Å². The largest absolute Gasteiger partial charge is 0.299 e. The minimum atomic E-state index is -0.136. The van der Waals surface area contributed by atoms with E-state index in [1.165, 1.54) is 10.4 Å². The third-order valence-electron chi connectivity index (χ3n) is 3.39.